The second-order valence-electron chi connectivity index (χ2n) is 4.17. The molecule has 2 heteroatoms. The first-order valence-corrected chi connectivity index (χ1v) is 5.05. The molecule has 1 unspecified atom stereocenters. The average Bonchev–Trinajstić information content (AvgIpc) is 1.93. The molecule has 72 valence electrons. The van der Waals surface area contributed by atoms with E-state index in [0.717, 1.165) is 18.9 Å². The van der Waals surface area contributed by atoms with Crippen molar-refractivity contribution in [2.24, 2.45) is 11.7 Å². The Morgan fingerprint density at radius 1 is 1.42 bits per heavy atom. The summed E-state index contributed by atoms with van der Waals surface area (Å²) in [5, 5.41) is 0. The minimum atomic E-state index is 0.262. The summed E-state index contributed by atoms with van der Waals surface area (Å²) in [5.74, 6) is 0.899. The molecule has 0 saturated heterocycles. The van der Waals surface area contributed by atoms with Crippen LogP contribution in [0.1, 0.15) is 39.5 Å². The first kappa shape index (κ1) is 10.0. The van der Waals surface area contributed by atoms with Gasteiger partial charge in [0.2, 0.25) is 0 Å². The van der Waals surface area contributed by atoms with Crippen molar-refractivity contribution in [3.63, 3.8) is 0 Å². The third-order valence-corrected chi connectivity index (χ3v) is 2.50. The van der Waals surface area contributed by atoms with E-state index < -0.39 is 0 Å². The lowest BCUT2D eigenvalue weighted by Gasteiger charge is -2.28. The van der Waals surface area contributed by atoms with Crippen LogP contribution in [0.2, 0.25) is 0 Å². The molecule has 0 bridgehead atoms. The van der Waals surface area contributed by atoms with E-state index in [1.807, 2.05) is 0 Å². The summed E-state index contributed by atoms with van der Waals surface area (Å²) in [6.07, 6.45) is 5.65. The smallest absolute Gasteiger partial charge is 0.0621 e. The van der Waals surface area contributed by atoms with E-state index in [1.54, 1.807) is 0 Å². The van der Waals surface area contributed by atoms with E-state index in [4.69, 9.17) is 10.5 Å². The quantitative estimate of drug-likeness (QED) is 0.686. The highest BCUT2D eigenvalue weighted by molar-refractivity contribution is 4.74. The van der Waals surface area contributed by atoms with Crippen LogP contribution in [0.4, 0.5) is 0 Å². The molecule has 0 heterocycles. The van der Waals surface area contributed by atoms with Crippen molar-refractivity contribution in [1.29, 1.82) is 0 Å². The standard InChI is InChI=1S/C10H21NO/c1-8(2)12-7-10(11)6-9-4-3-5-9/h8-10H,3-7,11H2,1-2H3. The highest BCUT2D eigenvalue weighted by Gasteiger charge is 2.20. The van der Waals surface area contributed by atoms with Gasteiger partial charge in [0.15, 0.2) is 0 Å². The van der Waals surface area contributed by atoms with Crippen LogP contribution >= 0.6 is 0 Å². The van der Waals surface area contributed by atoms with Gasteiger partial charge in [0.25, 0.3) is 0 Å². The van der Waals surface area contributed by atoms with Crippen LogP contribution in [-0.4, -0.2) is 18.8 Å². The zero-order valence-corrected chi connectivity index (χ0v) is 8.25. The van der Waals surface area contributed by atoms with Crippen molar-refractivity contribution in [2.75, 3.05) is 6.61 Å². The fraction of sp³-hybridized carbons (Fsp3) is 1.00. The average molecular weight is 171 g/mol. The van der Waals surface area contributed by atoms with Crippen molar-refractivity contribution in [2.45, 2.75) is 51.7 Å². The van der Waals surface area contributed by atoms with Crippen LogP contribution in [0.15, 0.2) is 0 Å². The molecule has 0 amide bonds. The Kier molecular flexibility index (Phi) is 4.02. The van der Waals surface area contributed by atoms with E-state index in [9.17, 15) is 0 Å². The Morgan fingerprint density at radius 3 is 2.50 bits per heavy atom. The minimum absolute atomic E-state index is 0.262. The van der Waals surface area contributed by atoms with Gasteiger partial charge in [-0.3, -0.25) is 0 Å². The first-order chi connectivity index (χ1) is 5.68. The maximum atomic E-state index is 5.91. The number of nitrogens with two attached hydrogens (primary N) is 1. The summed E-state index contributed by atoms with van der Waals surface area (Å²) in [4.78, 5) is 0. The largest absolute Gasteiger partial charge is 0.377 e. The lowest BCUT2D eigenvalue weighted by Crippen LogP contribution is -2.32. The molecule has 1 fully saturated rings. The van der Waals surface area contributed by atoms with Gasteiger partial charge in [-0.25, -0.2) is 0 Å². The van der Waals surface area contributed by atoms with Gasteiger partial charge in [-0.05, 0) is 26.2 Å². The molecule has 0 aliphatic heterocycles. The molecule has 1 saturated carbocycles. The monoisotopic (exact) mass is 171 g/mol. The molecule has 0 aromatic rings. The van der Waals surface area contributed by atoms with Gasteiger partial charge in [0.1, 0.15) is 0 Å². The summed E-state index contributed by atoms with van der Waals surface area (Å²) in [5.41, 5.74) is 5.91. The van der Waals surface area contributed by atoms with Crippen LogP contribution in [-0.2, 0) is 4.74 Å². The molecular weight excluding hydrogens is 150 g/mol. The highest BCUT2D eigenvalue weighted by Crippen LogP contribution is 2.30. The zero-order chi connectivity index (χ0) is 8.97. The highest BCUT2D eigenvalue weighted by atomic mass is 16.5. The van der Waals surface area contributed by atoms with Gasteiger partial charge < -0.3 is 10.5 Å². The van der Waals surface area contributed by atoms with Gasteiger partial charge in [-0.15, -0.1) is 0 Å². The number of ether oxygens (including phenoxy) is 1. The van der Waals surface area contributed by atoms with Crippen LogP contribution in [0.5, 0.6) is 0 Å². The van der Waals surface area contributed by atoms with E-state index in [1.165, 1.54) is 19.3 Å². The van der Waals surface area contributed by atoms with E-state index in [-0.39, 0.29) is 6.04 Å². The molecule has 0 spiro atoms. The Bertz CT molecular complexity index is 121. The van der Waals surface area contributed by atoms with Crippen molar-refractivity contribution in [3.05, 3.63) is 0 Å². The zero-order valence-electron chi connectivity index (χ0n) is 8.25. The van der Waals surface area contributed by atoms with Crippen molar-refractivity contribution < 1.29 is 4.74 Å². The lowest BCUT2D eigenvalue weighted by molar-refractivity contribution is 0.0606. The second kappa shape index (κ2) is 4.83. The number of hydrogen-bond donors (Lipinski definition) is 1. The first-order valence-electron chi connectivity index (χ1n) is 5.05. The fourth-order valence-corrected chi connectivity index (χ4v) is 1.54. The van der Waals surface area contributed by atoms with Gasteiger partial charge in [-0.2, -0.15) is 0 Å². The Hall–Kier alpha value is -0.0800. The molecule has 12 heavy (non-hydrogen) atoms. The SMILES string of the molecule is CC(C)OCC(N)CC1CCC1. The third-order valence-electron chi connectivity index (χ3n) is 2.50. The van der Waals surface area contributed by atoms with Crippen LogP contribution in [0.3, 0.4) is 0 Å². The molecule has 1 atom stereocenters. The predicted molar refractivity (Wildman–Crippen MR) is 51.0 cm³/mol. The van der Waals surface area contributed by atoms with Crippen molar-refractivity contribution >= 4 is 0 Å². The molecule has 1 aliphatic rings. The molecule has 2 N–H and O–H groups in total. The lowest BCUT2D eigenvalue weighted by atomic mass is 9.81. The van der Waals surface area contributed by atoms with Crippen LogP contribution < -0.4 is 5.73 Å². The summed E-state index contributed by atoms with van der Waals surface area (Å²) in [7, 11) is 0. The maximum absolute atomic E-state index is 5.91. The van der Waals surface area contributed by atoms with Gasteiger partial charge in [0.05, 0.1) is 12.7 Å². The Balaban J connectivity index is 1.98. The molecule has 2 nitrogen and oxygen atoms in total. The van der Waals surface area contributed by atoms with Crippen molar-refractivity contribution in [1.82, 2.24) is 0 Å². The molecule has 0 aromatic heterocycles. The summed E-state index contributed by atoms with van der Waals surface area (Å²) in [6.45, 7) is 4.83. The van der Waals surface area contributed by atoms with Gasteiger partial charge in [-0.1, -0.05) is 19.3 Å². The molecule has 1 rings (SSSR count). The summed E-state index contributed by atoms with van der Waals surface area (Å²) in [6, 6.07) is 0.262. The van der Waals surface area contributed by atoms with E-state index in [2.05, 4.69) is 13.8 Å². The Morgan fingerprint density at radius 2 is 2.08 bits per heavy atom. The molecule has 0 aromatic carbocycles. The number of rotatable bonds is 5. The molecule has 1 aliphatic carbocycles. The normalized spacial score (nSPS) is 21.0. The topological polar surface area (TPSA) is 35.2 Å². The molecule has 0 radical (unpaired) electrons. The summed E-state index contributed by atoms with van der Waals surface area (Å²) >= 11 is 0. The number of hydrogen-bond acceptors (Lipinski definition) is 2. The molecular formula is C10H21NO. The van der Waals surface area contributed by atoms with Crippen LogP contribution in [0.25, 0.3) is 0 Å². The third kappa shape index (κ3) is 3.55. The second-order valence-corrected chi connectivity index (χ2v) is 4.17. The van der Waals surface area contributed by atoms with Crippen LogP contribution in [0, 0.1) is 5.92 Å². The minimum Gasteiger partial charge on any atom is -0.377 e. The summed E-state index contributed by atoms with van der Waals surface area (Å²) < 4.78 is 5.45. The Labute approximate surface area is 75.5 Å². The van der Waals surface area contributed by atoms with Gasteiger partial charge >= 0.3 is 0 Å². The predicted octanol–water partition coefficient (Wildman–Crippen LogP) is 1.93. The fourth-order valence-electron chi connectivity index (χ4n) is 1.54. The maximum Gasteiger partial charge on any atom is 0.0621 e. The van der Waals surface area contributed by atoms with E-state index in [0.29, 0.717) is 6.10 Å². The van der Waals surface area contributed by atoms with E-state index >= 15 is 0 Å². The van der Waals surface area contributed by atoms with Gasteiger partial charge in [0, 0.05) is 6.04 Å². The van der Waals surface area contributed by atoms with Crippen molar-refractivity contribution in [3.8, 4) is 0 Å².